The van der Waals surface area contributed by atoms with Gasteiger partial charge in [-0.2, -0.15) is 0 Å². The molecule has 0 saturated heterocycles. The number of ether oxygens (including phenoxy) is 1. The number of methoxy groups -OCH3 is 1. The Kier molecular flexibility index (Phi) is 5.10. The zero-order valence-corrected chi connectivity index (χ0v) is 15.6. The molecule has 0 radical (unpaired) electrons. The van der Waals surface area contributed by atoms with E-state index in [1.54, 1.807) is 7.11 Å². The molecule has 1 nitrogen and oxygen atoms in total. The summed E-state index contributed by atoms with van der Waals surface area (Å²) in [5.74, 6) is 13.7. The van der Waals surface area contributed by atoms with Crippen LogP contribution in [0.15, 0.2) is 91.0 Å². The molecule has 4 rings (SSSR count). The van der Waals surface area contributed by atoms with Gasteiger partial charge in [-0.3, -0.25) is 0 Å². The Morgan fingerprint density at radius 1 is 0.500 bits per heavy atom. The van der Waals surface area contributed by atoms with E-state index < -0.39 is 0 Å². The first-order chi connectivity index (χ1) is 13.8. The molecule has 132 valence electrons. The zero-order valence-electron chi connectivity index (χ0n) is 15.6. The van der Waals surface area contributed by atoms with Crippen molar-refractivity contribution in [3.8, 4) is 29.4 Å². The normalized spacial score (nSPS) is 9.75. The van der Waals surface area contributed by atoms with E-state index in [2.05, 4.69) is 54.0 Å². The highest BCUT2D eigenvalue weighted by molar-refractivity contribution is 5.85. The average Bonchev–Trinajstić information content (AvgIpc) is 2.77. The second-order valence-corrected chi connectivity index (χ2v) is 6.37. The van der Waals surface area contributed by atoms with Gasteiger partial charge in [-0.1, -0.05) is 60.1 Å². The first-order valence-corrected chi connectivity index (χ1v) is 9.07. The Morgan fingerprint density at radius 3 is 1.64 bits per heavy atom. The lowest BCUT2D eigenvalue weighted by molar-refractivity contribution is 0.414. The SMILES string of the molecule is COc1cccc(C#Cc2ccc3cc(C#Cc4ccccc4)ccc3c2)c1. The van der Waals surface area contributed by atoms with E-state index in [-0.39, 0.29) is 0 Å². The highest BCUT2D eigenvalue weighted by atomic mass is 16.5. The zero-order chi connectivity index (χ0) is 19.2. The number of rotatable bonds is 1. The molecule has 4 aromatic rings. The fourth-order valence-corrected chi connectivity index (χ4v) is 2.91. The van der Waals surface area contributed by atoms with Crippen LogP contribution < -0.4 is 4.74 Å². The van der Waals surface area contributed by atoms with Gasteiger partial charge in [0, 0.05) is 22.3 Å². The predicted octanol–water partition coefficient (Wildman–Crippen LogP) is 5.65. The number of benzene rings is 4. The third-order valence-electron chi connectivity index (χ3n) is 4.39. The molecule has 0 N–H and O–H groups in total. The maximum Gasteiger partial charge on any atom is 0.120 e. The second-order valence-electron chi connectivity index (χ2n) is 6.37. The number of fused-ring (bicyclic) bond motifs is 1. The summed E-state index contributed by atoms with van der Waals surface area (Å²) in [7, 11) is 1.66. The van der Waals surface area contributed by atoms with Crippen LogP contribution in [0.2, 0.25) is 0 Å². The quantitative estimate of drug-likeness (QED) is 0.400. The maximum absolute atomic E-state index is 5.24. The summed E-state index contributed by atoms with van der Waals surface area (Å²) in [4.78, 5) is 0. The van der Waals surface area contributed by atoms with Gasteiger partial charge in [0.15, 0.2) is 0 Å². The lowest BCUT2D eigenvalue weighted by atomic mass is 10.0. The second kappa shape index (κ2) is 8.17. The molecular formula is C27H18O. The van der Waals surface area contributed by atoms with Crippen LogP contribution in [0.3, 0.4) is 0 Å². The standard InChI is InChI=1S/C27H18O/c1-28-27-9-5-8-22(20-27)12-13-24-15-17-25-18-23(14-16-26(25)19-24)11-10-21-6-3-2-4-7-21/h2-9,14-20H,1H3. The molecule has 28 heavy (non-hydrogen) atoms. The van der Waals surface area contributed by atoms with Crippen molar-refractivity contribution in [2.75, 3.05) is 7.11 Å². The summed E-state index contributed by atoms with van der Waals surface area (Å²) < 4.78 is 5.24. The van der Waals surface area contributed by atoms with Crippen LogP contribution in [0, 0.1) is 23.7 Å². The van der Waals surface area contributed by atoms with E-state index >= 15 is 0 Å². The first kappa shape index (κ1) is 17.5. The molecule has 0 aliphatic carbocycles. The Morgan fingerprint density at radius 2 is 1.04 bits per heavy atom. The largest absolute Gasteiger partial charge is 0.497 e. The summed E-state index contributed by atoms with van der Waals surface area (Å²) in [6, 6.07) is 30.3. The van der Waals surface area contributed by atoms with Crippen molar-refractivity contribution in [1.82, 2.24) is 0 Å². The van der Waals surface area contributed by atoms with Gasteiger partial charge in [0.05, 0.1) is 7.11 Å². The van der Waals surface area contributed by atoms with E-state index in [1.165, 1.54) is 0 Å². The van der Waals surface area contributed by atoms with Gasteiger partial charge in [0.25, 0.3) is 0 Å². The molecular weight excluding hydrogens is 340 g/mol. The van der Waals surface area contributed by atoms with Crippen LogP contribution >= 0.6 is 0 Å². The topological polar surface area (TPSA) is 9.23 Å². The lowest BCUT2D eigenvalue weighted by Gasteiger charge is -2.00. The average molecular weight is 358 g/mol. The Labute approximate surface area is 165 Å². The number of hydrogen-bond donors (Lipinski definition) is 0. The van der Waals surface area contributed by atoms with E-state index in [9.17, 15) is 0 Å². The molecule has 0 aromatic heterocycles. The third-order valence-corrected chi connectivity index (χ3v) is 4.39. The highest BCUT2D eigenvalue weighted by Crippen LogP contribution is 2.18. The Hall–Kier alpha value is -3.94. The van der Waals surface area contributed by atoms with Crippen molar-refractivity contribution in [3.63, 3.8) is 0 Å². The van der Waals surface area contributed by atoms with E-state index in [0.717, 1.165) is 38.8 Å². The molecule has 4 aromatic carbocycles. The molecule has 0 heterocycles. The monoisotopic (exact) mass is 358 g/mol. The third kappa shape index (κ3) is 4.24. The molecule has 0 bridgehead atoms. The molecule has 0 amide bonds. The minimum absolute atomic E-state index is 0.814. The molecule has 0 spiro atoms. The molecule has 0 saturated carbocycles. The van der Waals surface area contributed by atoms with Gasteiger partial charge < -0.3 is 4.74 Å². The Bertz CT molecular complexity index is 1250. The van der Waals surface area contributed by atoms with Crippen molar-refractivity contribution in [2.45, 2.75) is 0 Å². The fourth-order valence-electron chi connectivity index (χ4n) is 2.91. The van der Waals surface area contributed by atoms with Crippen LogP contribution in [0.25, 0.3) is 10.8 Å². The summed E-state index contributed by atoms with van der Waals surface area (Å²) in [5, 5.41) is 2.31. The van der Waals surface area contributed by atoms with Crippen LogP contribution in [0.1, 0.15) is 22.3 Å². The van der Waals surface area contributed by atoms with E-state index in [1.807, 2.05) is 60.7 Å². The molecule has 0 fully saturated rings. The van der Waals surface area contributed by atoms with Crippen LogP contribution in [-0.2, 0) is 0 Å². The summed E-state index contributed by atoms with van der Waals surface area (Å²) in [6.07, 6.45) is 0. The minimum Gasteiger partial charge on any atom is -0.497 e. The summed E-state index contributed by atoms with van der Waals surface area (Å²) in [6.45, 7) is 0. The van der Waals surface area contributed by atoms with Gasteiger partial charge >= 0.3 is 0 Å². The fraction of sp³-hybridized carbons (Fsp3) is 0.0370. The smallest absolute Gasteiger partial charge is 0.120 e. The van der Waals surface area contributed by atoms with Gasteiger partial charge in [-0.05, 0) is 65.4 Å². The van der Waals surface area contributed by atoms with Crippen molar-refractivity contribution in [3.05, 3.63) is 113 Å². The molecule has 0 aliphatic heterocycles. The molecule has 1 heteroatoms. The molecule has 0 aliphatic rings. The van der Waals surface area contributed by atoms with Gasteiger partial charge in [0.2, 0.25) is 0 Å². The molecule has 0 atom stereocenters. The summed E-state index contributed by atoms with van der Waals surface area (Å²) >= 11 is 0. The van der Waals surface area contributed by atoms with Crippen molar-refractivity contribution < 1.29 is 4.74 Å². The highest BCUT2D eigenvalue weighted by Gasteiger charge is 1.97. The first-order valence-electron chi connectivity index (χ1n) is 9.07. The van der Waals surface area contributed by atoms with Gasteiger partial charge in [0.1, 0.15) is 5.75 Å². The van der Waals surface area contributed by atoms with Crippen LogP contribution in [0.5, 0.6) is 5.75 Å². The number of hydrogen-bond acceptors (Lipinski definition) is 1. The van der Waals surface area contributed by atoms with E-state index in [4.69, 9.17) is 4.74 Å². The van der Waals surface area contributed by atoms with E-state index in [0.29, 0.717) is 0 Å². The van der Waals surface area contributed by atoms with Crippen LogP contribution in [0.4, 0.5) is 0 Å². The Balaban J connectivity index is 1.59. The minimum atomic E-state index is 0.814. The van der Waals surface area contributed by atoms with Gasteiger partial charge in [-0.25, -0.2) is 0 Å². The van der Waals surface area contributed by atoms with Gasteiger partial charge in [-0.15, -0.1) is 0 Å². The summed E-state index contributed by atoms with van der Waals surface area (Å²) in [5.41, 5.74) is 3.95. The van der Waals surface area contributed by atoms with Crippen LogP contribution in [-0.4, -0.2) is 7.11 Å². The maximum atomic E-state index is 5.24. The van der Waals surface area contributed by atoms with Crippen molar-refractivity contribution in [2.24, 2.45) is 0 Å². The molecule has 0 unspecified atom stereocenters. The lowest BCUT2D eigenvalue weighted by Crippen LogP contribution is -1.83. The van der Waals surface area contributed by atoms with Crippen molar-refractivity contribution >= 4 is 10.8 Å². The van der Waals surface area contributed by atoms with Crippen molar-refractivity contribution in [1.29, 1.82) is 0 Å². The predicted molar refractivity (Wildman–Crippen MR) is 115 cm³/mol.